The van der Waals surface area contributed by atoms with Crippen LogP contribution in [-0.2, 0) is 0 Å². The predicted octanol–water partition coefficient (Wildman–Crippen LogP) is 3.45. The van der Waals surface area contributed by atoms with Crippen LogP contribution >= 0.6 is 23.4 Å². The van der Waals surface area contributed by atoms with E-state index in [1.807, 2.05) is 11.8 Å². The van der Waals surface area contributed by atoms with Crippen LogP contribution in [0.1, 0.15) is 17.9 Å². The molecule has 0 spiro atoms. The average molecular weight is 246 g/mol. The second-order valence-corrected chi connectivity index (χ2v) is 5.44. The molecule has 1 fully saturated rings. The van der Waals surface area contributed by atoms with Crippen molar-refractivity contribution < 1.29 is 4.39 Å². The van der Waals surface area contributed by atoms with E-state index < -0.39 is 0 Å². The van der Waals surface area contributed by atoms with E-state index in [4.69, 9.17) is 11.6 Å². The molecule has 0 saturated carbocycles. The van der Waals surface area contributed by atoms with Gasteiger partial charge in [0.25, 0.3) is 0 Å². The van der Waals surface area contributed by atoms with Crippen LogP contribution in [0.25, 0.3) is 0 Å². The molecular formula is C11H13ClFNS. The lowest BCUT2D eigenvalue weighted by Gasteiger charge is -2.28. The summed E-state index contributed by atoms with van der Waals surface area (Å²) in [6.07, 6.45) is 0. The number of benzene rings is 1. The van der Waals surface area contributed by atoms with Crippen molar-refractivity contribution in [2.24, 2.45) is 5.92 Å². The maximum Gasteiger partial charge on any atom is 0.124 e. The zero-order chi connectivity index (χ0) is 10.8. The first-order valence-corrected chi connectivity index (χ1v) is 6.39. The zero-order valence-electron chi connectivity index (χ0n) is 8.47. The van der Waals surface area contributed by atoms with E-state index in [1.54, 1.807) is 6.07 Å². The van der Waals surface area contributed by atoms with Crippen molar-refractivity contribution in [2.45, 2.75) is 12.3 Å². The summed E-state index contributed by atoms with van der Waals surface area (Å²) in [5.74, 6) is 1.52. The average Bonchev–Trinajstić information content (AvgIpc) is 2.20. The Morgan fingerprint density at radius 2 is 2.33 bits per heavy atom. The van der Waals surface area contributed by atoms with Crippen molar-refractivity contribution >= 4 is 23.4 Å². The van der Waals surface area contributed by atoms with Gasteiger partial charge in [0, 0.05) is 5.02 Å². The highest BCUT2D eigenvalue weighted by atomic mass is 35.5. The van der Waals surface area contributed by atoms with Gasteiger partial charge in [-0.3, -0.25) is 0 Å². The van der Waals surface area contributed by atoms with Crippen LogP contribution in [0.3, 0.4) is 0 Å². The Labute approximate surface area is 98.4 Å². The van der Waals surface area contributed by atoms with Gasteiger partial charge in [0.05, 0.1) is 5.37 Å². The van der Waals surface area contributed by atoms with Crippen LogP contribution in [0.5, 0.6) is 0 Å². The van der Waals surface area contributed by atoms with Gasteiger partial charge in [0.15, 0.2) is 0 Å². The summed E-state index contributed by atoms with van der Waals surface area (Å²) in [5, 5.41) is 4.11. The topological polar surface area (TPSA) is 12.0 Å². The first-order chi connectivity index (χ1) is 7.16. The molecule has 0 aromatic heterocycles. The lowest BCUT2D eigenvalue weighted by Crippen LogP contribution is -2.31. The quantitative estimate of drug-likeness (QED) is 0.813. The van der Waals surface area contributed by atoms with E-state index in [2.05, 4.69) is 12.2 Å². The van der Waals surface area contributed by atoms with Gasteiger partial charge in [0.1, 0.15) is 5.82 Å². The third-order valence-electron chi connectivity index (χ3n) is 2.44. The van der Waals surface area contributed by atoms with E-state index in [-0.39, 0.29) is 11.2 Å². The lowest BCUT2D eigenvalue weighted by molar-refractivity contribution is 0.529. The second kappa shape index (κ2) is 4.73. The largest absolute Gasteiger partial charge is 0.301 e. The van der Waals surface area contributed by atoms with Crippen molar-refractivity contribution in [1.29, 1.82) is 0 Å². The SMILES string of the molecule is CC1CNC(c2ccc(F)cc2Cl)SC1. The maximum atomic E-state index is 12.9. The summed E-state index contributed by atoms with van der Waals surface area (Å²) in [7, 11) is 0. The molecule has 1 aromatic rings. The Bertz CT molecular complexity index is 350. The Balaban J connectivity index is 2.15. The smallest absolute Gasteiger partial charge is 0.124 e. The number of rotatable bonds is 1. The molecule has 1 aliphatic heterocycles. The van der Waals surface area contributed by atoms with Crippen molar-refractivity contribution in [3.8, 4) is 0 Å². The fourth-order valence-electron chi connectivity index (χ4n) is 1.60. The molecule has 1 N–H and O–H groups in total. The Morgan fingerprint density at radius 3 is 2.93 bits per heavy atom. The highest BCUT2D eigenvalue weighted by Gasteiger charge is 2.21. The van der Waals surface area contributed by atoms with Gasteiger partial charge >= 0.3 is 0 Å². The van der Waals surface area contributed by atoms with E-state index >= 15 is 0 Å². The van der Waals surface area contributed by atoms with Gasteiger partial charge in [-0.2, -0.15) is 0 Å². The van der Waals surface area contributed by atoms with E-state index in [0.717, 1.165) is 17.9 Å². The summed E-state index contributed by atoms with van der Waals surface area (Å²) in [4.78, 5) is 0. The molecule has 1 nitrogen and oxygen atoms in total. The van der Waals surface area contributed by atoms with Crippen molar-refractivity contribution in [3.05, 3.63) is 34.6 Å². The Morgan fingerprint density at radius 1 is 1.53 bits per heavy atom. The van der Waals surface area contributed by atoms with Crippen LogP contribution in [0.15, 0.2) is 18.2 Å². The molecule has 0 bridgehead atoms. The van der Waals surface area contributed by atoms with Gasteiger partial charge in [0.2, 0.25) is 0 Å². The minimum Gasteiger partial charge on any atom is -0.301 e. The Hall–Kier alpha value is -0.250. The first-order valence-electron chi connectivity index (χ1n) is 4.97. The molecule has 15 heavy (non-hydrogen) atoms. The van der Waals surface area contributed by atoms with E-state index in [1.165, 1.54) is 12.1 Å². The Kier molecular flexibility index (Phi) is 3.54. The number of thioether (sulfide) groups is 1. The van der Waals surface area contributed by atoms with E-state index in [0.29, 0.717) is 10.9 Å². The molecule has 1 heterocycles. The van der Waals surface area contributed by atoms with Crippen LogP contribution < -0.4 is 5.32 Å². The molecule has 2 atom stereocenters. The minimum atomic E-state index is -0.280. The molecule has 0 aliphatic carbocycles. The van der Waals surface area contributed by atoms with Crippen LogP contribution in [0, 0.1) is 11.7 Å². The van der Waals surface area contributed by atoms with Crippen LogP contribution in [0.2, 0.25) is 5.02 Å². The first kappa shape index (κ1) is 11.2. The number of halogens is 2. The molecule has 1 aliphatic rings. The van der Waals surface area contributed by atoms with Crippen LogP contribution in [0.4, 0.5) is 4.39 Å². The van der Waals surface area contributed by atoms with Crippen molar-refractivity contribution in [3.63, 3.8) is 0 Å². The summed E-state index contributed by atoms with van der Waals surface area (Å²) < 4.78 is 12.9. The zero-order valence-corrected chi connectivity index (χ0v) is 10.0. The van der Waals surface area contributed by atoms with Gasteiger partial charge in [-0.25, -0.2) is 4.39 Å². The molecule has 82 valence electrons. The highest BCUT2D eigenvalue weighted by molar-refractivity contribution is 7.99. The van der Waals surface area contributed by atoms with Crippen LogP contribution in [-0.4, -0.2) is 12.3 Å². The molecule has 4 heteroatoms. The summed E-state index contributed by atoms with van der Waals surface area (Å²) in [6.45, 7) is 3.20. The monoisotopic (exact) mass is 245 g/mol. The molecule has 2 rings (SSSR count). The van der Waals surface area contributed by atoms with Gasteiger partial charge in [-0.05, 0) is 35.9 Å². The van der Waals surface area contributed by atoms with Crippen molar-refractivity contribution in [2.75, 3.05) is 12.3 Å². The van der Waals surface area contributed by atoms with Gasteiger partial charge in [-0.15, -0.1) is 11.8 Å². The summed E-state index contributed by atoms with van der Waals surface area (Å²) in [6, 6.07) is 4.59. The standard InChI is InChI=1S/C11H13ClFNS/c1-7-5-14-11(15-6-7)9-3-2-8(13)4-10(9)12/h2-4,7,11,14H,5-6H2,1H3. The number of nitrogens with one attached hydrogen (secondary N) is 1. The summed E-state index contributed by atoms with van der Waals surface area (Å²) in [5.41, 5.74) is 0.981. The second-order valence-electron chi connectivity index (χ2n) is 3.89. The normalized spacial score (nSPS) is 26.6. The fraction of sp³-hybridized carbons (Fsp3) is 0.455. The maximum absolute atomic E-state index is 12.9. The number of hydrogen-bond donors (Lipinski definition) is 1. The lowest BCUT2D eigenvalue weighted by atomic mass is 10.2. The van der Waals surface area contributed by atoms with Gasteiger partial charge < -0.3 is 5.32 Å². The highest BCUT2D eigenvalue weighted by Crippen LogP contribution is 2.35. The third kappa shape index (κ3) is 2.65. The molecule has 0 radical (unpaired) electrons. The molecule has 0 amide bonds. The fourth-order valence-corrected chi connectivity index (χ4v) is 3.18. The predicted molar refractivity (Wildman–Crippen MR) is 63.8 cm³/mol. The third-order valence-corrected chi connectivity index (χ3v) is 4.29. The van der Waals surface area contributed by atoms with E-state index in [9.17, 15) is 4.39 Å². The van der Waals surface area contributed by atoms with Gasteiger partial charge in [-0.1, -0.05) is 24.6 Å². The summed E-state index contributed by atoms with van der Waals surface area (Å²) >= 11 is 7.83. The minimum absolute atomic E-state index is 0.203. The molecule has 1 aromatic carbocycles. The molecule has 2 unspecified atom stereocenters. The van der Waals surface area contributed by atoms with Crippen molar-refractivity contribution in [1.82, 2.24) is 5.32 Å². The molecular weight excluding hydrogens is 233 g/mol. The number of hydrogen-bond acceptors (Lipinski definition) is 2. The molecule has 1 saturated heterocycles.